The highest BCUT2D eigenvalue weighted by atomic mass is 16.5. The fourth-order valence-corrected chi connectivity index (χ4v) is 3.53. The zero-order valence-corrected chi connectivity index (χ0v) is 15.0. The molecule has 0 bridgehead atoms. The maximum Gasteiger partial charge on any atom is 0.341 e. The minimum atomic E-state index is -1.20. The number of fused-ring (bicyclic) bond motifs is 4. The Morgan fingerprint density at radius 1 is 1.19 bits per heavy atom. The number of pyridine rings is 1. The normalized spacial score (nSPS) is 19.9. The molecule has 6 nitrogen and oxygen atoms in total. The van der Waals surface area contributed by atoms with Crippen LogP contribution in [-0.2, 0) is 6.42 Å². The monoisotopic (exact) mass is 355 g/mol. The van der Waals surface area contributed by atoms with Gasteiger partial charge in [0, 0.05) is 29.3 Å². The third-order valence-corrected chi connectivity index (χ3v) is 4.98. The van der Waals surface area contributed by atoms with Gasteiger partial charge in [-0.15, -0.1) is 0 Å². The summed E-state index contributed by atoms with van der Waals surface area (Å²) in [5.74, 6) is 0.175. The minimum absolute atomic E-state index is 0.0392. The number of ether oxygens (including phenoxy) is 2. The van der Waals surface area contributed by atoms with Crippen LogP contribution in [0.4, 0.5) is 0 Å². The SMILES string of the molecule is C[C@@H]1Cc2cc3c(cc2-c2cc(=O)c(C(=O)O)cn21)OCC(C)(C)CO3. The van der Waals surface area contributed by atoms with Gasteiger partial charge in [0.1, 0.15) is 5.56 Å². The number of aromatic carboxylic acids is 1. The molecule has 6 heteroatoms. The number of aromatic nitrogens is 1. The summed E-state index contributed by atoms with van der Waals surface area (Å²) in [6.07, 6.45) is 2.17. The first-order chi connectivity index (χ1) is 12.2. The van der Waals surface area contributed by atoms with Crippen LogP contribution in [0.1, 0.15) is 42.7 Å². The molecular weight excluding hydrogens is 334 g/mol. The molecule has 0 spiro atoms. The molecule has 0 saturated carbocycles. The van der Waals surface area contributed by atoms with E-state index < -0.39 is 11.4 Å². The molecule has 0 radical (unpaired) electrons. The maximum absolute atomic E-state index is 12.2. The Labute approximate surface area is 151 Å². The molecule has 0 amide bonds. The Hall–Kier alpha value is -2.76. The van der Waals surface area contributed by atoms with E-state index in [9.17, 15) is 14.7 Å². The molecule has 1 N–H and O–H groups in total. The molecule has 3 heterocycles. The van der Waals surface area contributed by atoms with Crippen molar-refractivity contribution >= 4 is 5.97 Å². The van der Waals surface area contributed by atoms with Gasteiger partial charge in [0.25, 0.3) is 0 Å². The molecule has 0 aliphatic carbocycles. The second-order valence-electron chi connectivity index (χ2n) is 7.90. The Morgan fingerprint density at radius 2 is 1.85 bits per heavy atom. The van der Waals surface area contributed by atoms with Crippen LogP contribution in [0.3, 0.4) is 0 Å². The Kier molecular flexibility index (Phi) is 3.61. The molecule has 136 valence electrons. The second kappa shape index (κ2) is 5.62. The van der Waals surface area contributed by atoms with Crippen LogP contribution >= 0.6 is 0 Å². The molecule has 26 heavy (non-hydrogen) atoms. The summed E-state index contributed by atoms with van der Waals surface area (Å²) in [4.78, 5) is 23.5. The van der Waals surface area contributed by atoms with Crippen molar-refractivity contribution in [2.75, 3.05) is 13.2 Å². The predicted molar refractivity (Wildman–Crippen MR) is 96.3 cm³/mol. The number of carbonyl (C=O) groups is 1. The summed E-state index contributed by atoms with van der Waals surface area (Å²) < 4.78 is 13.8. The molecule has 2 aliphatic rings. The van der Waals surface area contributed by atoms with E-state index in [-0.39, 0.29) is 17.0 Å². The number of benzene rings is 1. The summed E-state index contributed by atoms with van der Waals surface area (Å²) >= 11 is 0. The van der Waals surface area contributed by atoms with Gasteiger partial charge in [-0.2, -0.15) is 0 Å². The van der Waals surface area contributed by atoms with Crippen LogP contribution in [0.5, 0.6) is 11.5 Å². The molecule has 0 saturated heterocycles. The summed E-state index contributed by atoms with van der Waals surface area (Å²) in [6.45, 7) is 7.30. The van der Waals surface area contributed by atoms with Gasteiger partial charge in [0.05, 0.1) is 18.9 Å². The van der Waals surface area contributed by atoms with Crippen LogP contribution in [0.15, 0.2) is 29.2 Å². The lowest BCUT2D eigenvalue weighted by atomic mass is 9.92. The summed E-state index contributed by atoms with van der Waals surface area (Å²) in [5.41, 5.74) is 1.89. The van der Waals surface area contributed by atoms with E-state index in [1.54, 1.807) is 0 Å². The maximum atomic E-state index is 12.2. The zero-order chi connectivity index (χ0) is 18.6. The minimum Gasteiger partial charge on any atom is -0.489 e. The lowest BCUT2D eigenvalue weighted by molar-refractivity contribution is 0.0694. The number of rotatable bonds is 1. The third kappa shape index (κ3) is 2.66. The largest absolute Gasteiger partial charge is 0.489 e. The van der Waals surface area contributed by atoms with Gasteiger partial charge in [-0.05, 0) is 31.0 Å². The molecule has 0 unspecified atom stereocenters. The van der Waals surface area contributed by atoms with E-state index in [0.717, 1.165) is 23.3 Å². The molecule has 2 aromatic rings. The fraction of sp³-hybridized carbons (Fsp3) is 0.400. The highest BCUT2D eigenvalue weighted by molar-refractivity contribution is 5.87. The molecule has 4 rings (SSSR count). The van der Waals surface area contributed by atoms with E-state index >= 15 is 0 Å². The first-order valence-corrected chi connectivity index (χ1v) is 8.67. The lowest BCUT2D eigenvalue weighted by Crippen LogP contribution is -2.26. The van der Waals surface area contributed by atoms with Crippen LogP contribution in [0.2, 0.25) is 0 Å². The highest BCUT2D eigenvalue weighted by Gasteiger charge is 2.29. The summed E-state index contributed by atoms with van der Waals surface area (Å²) in [5, 5.41) is 9.24. The van der Waals surface area contributed by atoms with E-state index in [0.29, 0.717) is 24.7 Å². The van der Waals surface area contributed by atoms with Gasteiger partial charge in [-0.3, -0.25) is 4.79 Å². The van der Waals surface area contributed by atoms with E-state index in [1.807, 2.05) is 23.6 Å². The van der Waals surface area contributed by atoms with Crippen molar-refractivity contribution in [3.63, 3.8) is 0 Å². The van der Waals surface area contributed by atoms with Crippen LogP contribution in [0.25, 0.3) is 11.3 Å². The van der Waals surface area contributed by atoms with Crippen LogP contribution in [-0.4, -0.2) is 28.9 Å². The van der Waals surface area contributed by atoms with Crippen molar-refractivity contribution in [1.82, 2.24) is 4.57 Å². The van der Waals surface area contributed by atoms with Crippen LogP contribution in [0, 0.1) is 5.41 Å². The number of hydrogen-bond acceptors (Lipinski definition) is 4. The molecule has 0 fully saturated rings. The van der Waals surface area contributed by atoms with E-state index in [2.05, 4.69) is 13.8 Å². The zero-order valence-electron chi connectivity index (χ0n) is 15.0. The average molecular weight is 355 g/mol. The van der Waals surface area contributed by atoms with E-state index in [4.69, 9.17) is 9.47 Å². The Bertz CT molecular complexity index is 973. The van der Waals surface area contributed by atoms with Gasteiger partial charge in [-0.25, -0.2) is 4.79 Å². The van der Waals surface area contributed by atoms with Crippen molar-refractivity contribution < 1.29 is 19.4 Å². The van der Waals surface area contributed by atoms with Gasteiger partial charge >= 0.3 is 5.97 Å². The molecular formula is C20H21NO5. The smallest absolute Gasteiger partial charge is 0.341 e. The number of carboxylic acid groups (broad SMARTS) is 1. The highest BCUT2D eigenvalue weighted by Crippen LogP contribution is 2.42. The molecule has 1 aromatic heterocycles. The average Bonchev–Trinajstić information content (AvgIpc) is 2.71. The lowest BCUT2D eigenvalue weighted by Gasteiger charge is -2.29. The second-order valence-corrected chi connectivity index (χ2v) is 7.90. The van der Waals surface area contributed by atoms with Crippen LogP contribution < -0.4 is 14.9 Å². The standard InChI is InChI=1S/C20H21NO5/c1-11-4-12-5-17-18(26-10-20(2,3)9-25-17)6-13(12)15-7-16(22)14(19(23)24)8-21(11)15/h5-8,11H,4,9-10H2,1-3H3,(H,23,24)/t11-/m1/s1. The van der Waals surface area contributed by atoms with Crippen molar-refractivity contribution in [3.05, 3.63) is 45.7 Å². The van der Waals surface area contributed by atoms with Gasteiger partial charge in [0.2, 0.25) is 0 Å². The quantitative estimate of drug-likeness (QED) is 0.850. The first kappa shape index (κ1) is 16.7. The summed E-state index contributed by atoms with van der Waals surface area (Å²) in [6, 6.07) is 5.34. The number of hydrogen-bond donors (Lipinski definition) is 1. The van der Waals surface area contributed by atoms with Crippen molar-refractivity contribution in [1.29, 1.82) is 0 Å². The van der Waals surface area contributed by atoms with Gasteiger partial charge < -0.3 is 19.1 Å². The third-order valence-electron chi connectivity index (χ3n) is 4.98. The van der Waals surface area contributed by atoms with E-state index in [1.165, 1.54) is 12.3 Å². The molecule has 1 atom stereocenters. The fourth-order valence-electron chi connectivity index (χ4n) is 3.53. The topological polar surface area (TPSA) is 77.8 Å². The Morgan fingerprint density at radius 3 is 2.50 bits per heavy atom. The van der Waals surface area contributed by atoms with Gasteiger partial charge in [0.15, 0.2) is 16.9 Å². The van der Waals surface area contributed by atoms with Crippen molar-refractivity contribution in [2.24, 2.45) is 5.41 Å². The predicted octanol–water partition coefficient (Wildman–Crippen LogP) is 3.13. The molecule has 2 aliphatic heterocycles. The number of carboxylic acids is 1. The molecule has 1 aromatic carbocycles. The Balaban J connectivity index is 1.88. The van der Waals surface area contributed by atoms with Crippen molar-refractivity contribution in [3.8, 4) is 22.8 Å². The van der Waals surface area contributed by atoms with Gasteiger partial charge in [-0.1, -0.05) is 13.8 Å². The number of nitrogens with zero attached hydrogens (tertiary/aromatic N) is 1. The van der Waals surface area contributed by atoms with Crippen molar-refractivity contribution in [2.45, 2.75) is 33.2 Å². The first-order valence-electron chi connectivity index (χ1n) is 8.67. The summed E-state index contributed by atoms with van der Waals surface area (Å²) in [7, 11) is 0.